The van der Waals surface area contributed by atoms with Crippen LogP contribution in [0.3, 0.4) is 0 Å². The number of benzene rings is 2. The number of rotatable bonds is 8. The summed E-state index contributed by atoms with van der Waals surface area (Å²) in [6.07, 6.45) is 5.21. The molecule has 0 bridgehead atoms. The lowest BCUT2D eigenvalue weighted by Crippen LogP contribution is -2.51. The average Bonchev–Trinajstić information content (AvgIpc) is 2.97. The van der Waals surface area contributed by atoms with Crippen molar-refractivity contribution >= 4 is 35.1 Å². The predicted molar refractivity (Wildman–Crippen MR) is 141 cm³/mol. The molecule has 2 heterocycles. The fraction of sp³-hybridized carbons (Fsp3) is 0.346. The van der Waals surface area contributed by atoms with Gasteiger partial charge in [0.05, 0.1) is 12.2 Å². The van der Waals surface area contributed by atoms with Gasteiger partial charge in [-0.25, -0.2) is 4.31 Å². The van der Waals surface area contributed by atoms with E-state index in [1.165, 1.54) is 9.87 Å². The number of alkyl halides is 3. The van der Waals surface area contributed by atoms with Gasteiger partial charge < -0.3 is 10.2 Å². The summed E-state index contributed by atoms with van der Waals surface area (Å²) in [4.78, 5) is 6.27. The molecule has 1 aliphatic heterocycles. The van der Waals surface area contributed by atoms with Crippen molar-refractivity contribution in [1.29, 1.82) is 0 Å². The van der Waals surface area contributed by atoms with Crippen LogP contribution in [0.2, 0.25) is 0 Å². The highest BCUT2D eigenvalue weighted by Crippen LogP contribution is 2.46. The molecule has 2 aromatic carbocycles. The molecule has 4 nitrogen and oxygen atoms in total. The van der Waals surface area contributed by atoms with Crippen molar-refractivity contribution in [3.8, 4) is 0 Å². The monoisotopic (exact) mass is 518 g/mol. The van der Waals surface area contributed by atoms with Crippen LogP contribution < -0.4 is 10.2 Å². The zero-order chi connectivity index (χ0) is 24.9. The van der Waals surface area contributed by atoms with Crippen LogP contribution in [0.4, 0.5) is 24.5 Å². The molecule has 35 heavy (non-hydrogen) atoms. The lowest BCUT2D eigenvalue weighted by molar-refractivity contribution is -0.0365. The number of hydrogen-bond acceptors (Lipinski definition) is 6. The molecule has 0 radical (unpaired) electrons. The Hall–Kier alpha value is -2.36. The minimum atomic E-state index is -4.35. The van der Waals surface area contributed by atoms with Crippen molar-refractivity contribution in [2.45, 2.75) is 36.3 Å². The number of halogens is 3. The van der Waals surface area contributed by atoms with E-state index >= 15 is 0 Å². The summed E-state index contributed by atoms with van der Waals surface area (Å²) in [5.41, 5.74) is 0.467. The second-order valence-corrected chi connectivity index (χ2v) is 10.8. The summed E-state index contributed by atoms with van der Waals surface area (Å²) in [6.45, 7) is 0.965. The molecule has 1 atom stereocenters. The van der Waals surface area contributed by atoms with Crippen LogP contribution in [0.1, 0.15) is 23.2 Å². The zero-order valence-electron chi connectivity index (χ0n) is 19.8. The minimum absolute atomic E-state index is 0.0239. The number of aromatic nitrogens is 1. The van der Waals surface area contributed by atoms with Gasteiger partial charge >= 0.3 is 5.51 Å². The predicted octanol–water partition coefficient (Wildman–Crippen LogP) is 6.81. The summed E-state index contributed by atoms with van der Waals surface area (Å²) < 4.78 is 42.2. The first-order valence-corrected chi connectivity index (χ1v) is 13.4. The van der Waals surface area contributed by atoms with Crippen LogP contribution in [0.5, 0.6) is 0 Å². The highest BCUT2D eigenvalue weighted by Gasteiger charge is 2.44. The van der Waals surface area contributed by atoms with Crippen LogP contribution in [-0.4, -0.2) is 39.5 Å². The highest BCUT2D eigenvalue weighted by molar-refractivity contribution is 8.00. The quantitative estimate of drug-likeness (QED) is 0.330. The Morgan fingerprint density at radius 1 is 1.06 bits per heavy atom. The van der Waals surface area contributed by atoms with E-state index in [0.29, 0.717) is 13.0 Å². The summed E-state index contributed by atoms with van der Waals surface area (Å²) >= 11 is 1.59. The smallest absolute Gasteiger partial charge is 0.388 e. The van der Waals surface area contributed by atoms with Gasteiger partial charge in [-0.15, -0.1) is 11.8 Å². The molecule has 9 heteroatoms. The maximum Gasteiger partial charge on any atom is 0.456 e. The minimum Gasteiger partial charge on any atom is -0.388 e. The molecule has 1 unspecified atom stereocenters. The first kappa shape index (κ1) is 25.7. The number of para-hydroxylation sites is 1. The lowest BCUT2D eigenvalue weighted by Gasteiger charge is -2.45. The number of hydrogen-bond donors (Lipinski definition) is 1. The Labute approximate surface area is 213 Å². The third kappa shape index (κ3) is 6.45. The molecule has 1 aromatic heterocycles. The third-order valence-electron chi connectivity index (χ3n) is 6.23. The summed E-state index contributed by atoms with van der Waals surface area (Å²) in [7, 11) is 1.86. The number of nitrogens with zero attached hydrogens (tertiary/aromatic N) is 3. The van der Waals surface area contributed by atoms with Gasteiger partial charge in [-0.3, -0.25) is 4.98 Å². The number of pyridine rings is 1. The number of thioether (sulfide) groups is 1. The van der Waals surface area contributed by atoms with Gasteiger partial charge in [0.2, 0.25) is 0 Å². The van der Waals surface area contributed by atoms with E-state index in [2.05, 4.69) is 27.3 Å². The average molecular weight is 519 g/mol. The Balaban J connectivity index is 1.78. The lowest BCUT2D eigenvalue weighted by atomic mass is 10.0. The summed E-state index contributed by atoms with van der Waals surface area (Å²) in [6, 6.07) is 21.8. The molecule has 1 aliphatic rings. The Morgan fingerprint density at radius 2 is 1.80 bits per heavy atom. The van der Waals surface area contributed by atoms with E-state index in [9.17, 15) is 13.2 Å². The molecule has 0 aliphatic carbocycles. The SMILES string of the molecule is CNc1ccnc(CN2c3ccccc3CN(SC(F)(F)F)CC2(CCc2ccccc2)SC)c1. The second kappa shape index (κ2) is 11.1. The molecule has 0 saturated heterocycles. The van der Waals surface area contributed by atoms with Gasteiger partial charge in [-0.2, -0.15) is 13.2 Å². The van der Waals surface area contributed by atoms with Crippen molar-refractivity contribution in [3.63, 3.8) is 0 Å². The van der Waals surface area contributed by atoms with Crippen LogP contribution in [-0.2, 0) is 19.5 Å². The third-order valence-corrected chi connectivity index (χ3v) is 8.27. The Bertz CT molecular complexity index is 1110. The van der Waals surface area contributed by atoms with Crippen molar-refractivity contribution in [1.82, 2.24) is 9.29 Å². The van der Waals surface area contributed by atoms with Gasteiger partial charge in [-0.05, 0) is 48.4 Å². The molecule has 1 N–H and O–H groups in total. The Morgan fingerprint density at radius 3 is 2.51 bits per heavy atom. The van der Waals surface area contributed by atoms with Gasteiger partial charge in [0.15, 0.2) is 0 Å². The van der Waals surface area contributed by atoms with E-state index < -0.39 is 10.4 Å². The van der Waals surface area contributed by atoms with Crippen LogP contribution in [0.15, 0.2) is 72.9 Å². The number of fused-ring (bicyclic) bond motifs is 1. The molecule has 0 fully saturated rings. The standard InChI is InChI=1S/C26H29F3N4S2/c1-30-22-13-15-31-23(16-22)18-33-24-11-7-6-10-21(24)17-32(35-26(27,28)29)19-25(33,34-2)14-12-20-8-4-3-5-9-20/h3-11,13,15-16H,12,14,17-19H2,1-2H3,(H,30,31). The summed E-state index contributed by atoms with van der Waals surface area (Å²) in [5, 5.41) is 3.15. The number of anilines is 2. The zero-order valence-corrected chi connectivity index (χ0v) is 21.4. The fourth-order valence-electron chi connectivity index (χ4n) is 4.53. The maximum absolute atomic E-state index is 13.6. The molecular formula is C26H29F3N4S2. The Kier molecular flexibility index (Phi) is 8.19. The number of aryl methyl sites for hydroxylation is 1. The second-order valence-electron chi connectivity index (χ2n) is 8.47. The van der Waals surface area contributed by atoms with E-state index in [4.69, 9.17) is 0 Å². The molecule has 0 amide bonds. The number of nitrogens with one attached hydrogen (secondary N) is 1. The highest BCUT2D eigenvalue weighted by atomic mass is 32.2. The first-order valence-electron chi connectivity index (χ1n) is 11.4. The summed E-state index contributed by atoms with van der Waals surface area (Å²) in [5.74, 6) is 0. The molecule has 3 aromatic rings. The molecule has 4 rings (SSSR count). The van der Waals surface area contributed by atoms with E-state index in [1.54, 1.807) is 18.0 Å². The van der Waals surface area contributed by atoms with Gasteiger partial charge in [0.1, 0.15) is 4.87 Å². The normalized spacial score (nSPS) is 18.7. The maximum atomic E-state index is 13.6. The van der Waals surface area contributed by atoms with Crippen molar-refractivity contribution < 1.29 is 13.2 Å². The largest absolute Gasteiger partial charge is 0.456 e. The molecule has 186 valence electrons. The van der Waals surface area contributed by atoms with Crippen LogP contribution >= 0.6 is 23.7 Å². The van der Waals surface area contributed by atoms with Crippen molar-refractivity contribution in [2.75, 3.05) is 30.1 Å². The van der Waals surface area contributed by atoms with Gasteiger partial charge in [0, 0.05) is 49.7 Å². The van der Waals surface area contributed by atoms with Gasteiger partial charge in [0.25, 0.3) is 0 Å². The fourth-order valence-corrected chi connectivity index (χ4v) is 6.36. The first-order chi connectivity index (χ1) is 16.8. The van der Waals surface area contributed by atoms with E-state index in [1.807, 2.05) is 67.9 Å². The molecule has 0 spiro atoms. The van der Waals surface area contributed by atoms with Crippen LogP contribution in [0.25, 0.3) is 0 Å². The van der Waals surface area contributed by atoms with Gasteiger partial charge in [-0.1, -0.05) is 48.5 Å². The van der Waals surface area contributed by atoms with Crippen LogP contribution in [0, 0.1) is 0 Å². The molecular weight excluding hydrogens is 489 g/mol. The van der Waals surface area contributed by atoms with E-state index in [0.717, 1.165) is 29.1 Å². The molecule has 0 saturated carbocycles. The van der Waals surface area contributed by atoms with E-state index in [-0.39, 0.29) is 25.0 Å². The van der Waals surface area contributed by atoms with Crippen molar-refractivity contribution in [3.05, 3.63) is 89.7 Å². The topological polar surface area (TPSA) is 31.4 Å². The van der Waals surface area contributed by atoms with Crippen molar-refractivity contribution in [2.24, 2.45) is 0 Å².